The predicted molar refractivity (Wildman–Crippen MR) is 98.2 cm³/mol. The van der Waals surface area contributed by atoms with E-state index in [1.54, 1.807) is 12.1 Å². The SMILES string of the molecule is CCCNC(=S)Nc1ccc(C(=O)OCC[NH+](CC)CC)cc1. The molecule has 0 bridgehead atoms. The largest absolute Gasteiger partial charge is 0.456 e. The molecule has 0 saturated heterocycles. The fraction of sp³-hybridized carbons (Fsp3) is 0.529. The second-order valence-electron chi connectivity index (χ2n) is 5.30. The maximum atomic E-state index is 12.0. The van der Waals surface area contributed by atoms with E-state index in [0.717, 1.165) is 38.3 Å². The van der Waals surface area contributed by atoms with E-state index in [1.165, 1.54) is 4.90 Å². The molecule has 0 spiro atoms. The van der Waals surface area contributed by atoms with Crippen LogP contribution in [0.25, 0.3) is 0 Å². The van der Waals surface area contributed by atoms with Gasteiger partial charge in [0.05, 0.1) is 18.7 Å². The summed E-state index contributed by atoms with van der Waals surface area (Å²) in [5, 5.41) is 6.76. The van der Waals surface area contributed by atoms with Crippen molar-refractivity contribution in [1.29, 1.82) is 0 Å². The molecule has 0 aliphatic rings. The fourth-order valence-electron chi connectivity index (χ4n) is 2.08. The van der Waals surface area contributed by atoms with Gasteiger partial charge in [0.2, 0.25) is 0 Å². The Bertz CT molecular complexity index is 487. The van der Waals surface area contributed by atoms with Gasteiger partial charge in [-0.05, 0) is 56.8 Å². The van der Waals surface area contributed by atoms with E-state index in [4.69, 9.17) is 17.0 Å². The average Bonchev–Trinajstić information content (AvgIpc) is 2.57. The lowest BCUT2D eigenvalue weighted by molar-refractivity contribution is -0.896. The first-order chi connectivity index (χ1) is 11.1. The third-order valence-electron chi connectivity index (χ3n) is 3.60. The molecule has 0 fully saturated rings. The van der Waals surface area contributed by atoms with Gasteiger partial charge in [0.25, 0.3) is 0 Å². The van der Waals surface area contributed by atoms with Gasteiger partial charge in [0.15, 0.2) is 5.11 Å². The minimum absolute atomic E-state index is 0.283. The van der Waals surface area contributed by atoms with Crippen LogP contribution in [0.1, 0.15) is 37.6 Å². The maximum absolute atomic E-state index is 12.0. The monoisotopic (exact) mass is 338 g/mol. The second-order valence-corrected chi connectivity index (χ2v) is 5.71. The standard InChI is InChI=1S/C17H27N3O2S/c1-4-11-18-17(23)19-15-9-7-14(8-10-15)16(21)22-13-12-20(5-2)6-3/h7-10H,4-6,11-13H2,1-3H3,(H2,18,19,23)/p+1. The molecule has 0 radical (unpaired) electrons. The van der Waals surface area contributed by atoms with Crippen LogP contribution in [0, 0.1) is 0 Å². The summed E-state index contributed by atoms with van der Waals surface area (Å²) in [6.07, 6.45) is 1.02. The Labute approximate surface area is 144 Å². The second kappa shape index (κ2) is 11.0. The van der Waals surface area contributed by atoms with Gasteiger partial charge in [-0.1, -0.05) is 6.92 Å². The van der Waals surface area contributed by atoms with E-state index < -0.39 is 0 Å². The zero-order valence-electron chi connectivity index (χ0n) is 14.3. The molecule has 128 valence electrons. The summed E-state index contributed by atoms with van der Waals surface area (Å²) in [6.45, 7) is 10.6. The van der Waals surface area contributed by atoms with Crippen molar-refractivity contribution in [1.82, 2.24) is 5.32 Å². The molecule has 1 aromatic carbocycles. The van der Waals surface area contributed by atoms with Crippen molar-refractivity contribution in [2.24, 2.45) is 0 Å². The van der Waals surface area contributed by atoms with Gasteiger partial charge in [-0.25, -0.2) is 4.79 Å². The molecule has 6 heteroatoms. The fourth-order valence-corrected chi connectivity index (χ4v) is 2.30. The van der Waals surface area contributed by atoms with Crippen LogP contribution in [0.2, 0.25) is 0 Å². The van der Waals surface area contributed by atoms with E-state index in [9.17, 15) is 4.79 Å². The van der Waals surface area contributed by atoms with Crippen molar-refractivity contribution in [2.75, 3.05) is 38.1 Å². The summed E-state index contributed by atoms with van der Waals surface area (Å²) in [6, 6.07) is 7.15. The van der Waals surface area contributed by atoms with Gasteiger partial charge >= 0.3 is 5.97 Å². The Kier molecular flexibility index (Phi) is 9.24. The predicted octanol–water partition coefficient (Wildman–Crippen LogP) is 1.46. The van der Waals surface area contributed by atoms with Crippen molar-refractivity contribution in [2.45, 2.75) is 27.2 Å². The van der Waals surface area contributed by atoms with Gasteiger partial charge in [-0.2, -0.15) is 0 Å². The lowest BCUT2D eigenvalue weighted by Crippen LogP contribution is -3.11. The number of carbonyl (C=O) groups excluding carboxylic acids is 1. The van der Waals surface area contributed by atoms with Crippen molar-refractivity contribution in [3.8, 4) is 0 Å². The Morgan fingerprint density at radius 1 is 1.17 bits per heavy atom. The molecule has 1 rings (SSSR count). The summed E-state index contributed by atoms with van der Waals surface area (Å²) in [5.41, 5.74) is 1.40. The van der Waals surface area contributed by atoms with E-state index >= 15 is 0 Å². The number of benzene rings is 1. The van der Waals surface area contributed by atoms with Crippen LogP contribution in [0.4, 0.5) is 5.69 Å². The number of ether oxygens (including phenoxy) is 1. The molecular weight excluding hydrogens is 310 g/mol. The van der Waals surface area contributed by atoms with Gasteiger partial charge in [0, 0.05) is 12.2 Å². The first-order valence-corrected chi connectivity index (χ1v) is 8.67. The number of esters is 1. The number of anilines is 1. The van der Waals surface area contributed by atoms with Crippen LogP contribution in [0.3, 0.4) is 0 Å². The van der Waals surface area contributed by atoms with Crippen molar-refractivity contribution >= 4 is 29.0 Å². The highest BCUT2D eigenvalue weighted by Gasteiger charge is 2.09. The highest BCUT2D eigenvalue weighted by Crippen LogP contribution is 2.10. The first kappa shape index (κ1) is 19.4. The number of carbonyl (C=O) groups is 1. The van der Waals surface area contributed by atoms with Crippen LogP contribution in [-0.2, 0) is 4.74 Å². The van der Waals surface area contributed by atoms with Crippen molar-refractivity contribution in [3.63, 3.8) is 0 Å². The highest BCUT2D eigenvalue weighted by atomic mass is 32.1. The Morgan fingerprint density at radius 2 is 1.83 bits per heavy atom. The summed E-state index contributed by atoms with van der Waals surface area (Å²) >= 11 is 5.17. The molecule has 23 heavy (non-hydrogen) atoms. The van der Waals surface area contributed by atoms with Crippen molar-refractivity contribution in [3.05, 3.63) is 29.8 Å². The Balaban J connectivity index is 2.43. The van der Waals surface area contributed by atoms with Gasteiger partial charge in [-0.15, -0.1) is 0 Å². The van der Waals surface area contributed by atoms with Crippen LogP contribution < -0.4 is 15.5 Å². The lowest BCUT2D eigenvalue weighted by atomic mass is 10.2. The van der Waals surface area contributed by atoms with E-state index in [1.807, 2.05) is 12.1 Å². The zero-order chi connectivity index (χ0) is 17.1. The molecule has 0 aromatic heterocycles. The van der Waals surface area contributed by atoms with E-state index in [2.05, 4.69) is 31.4 Å². The number of thiocarbonyl (C=S) groups is 1. The average molecular weight is 338 g/mol. The van der Waals surface area contributed by atoms with Crippen LogP contribution in [0.5, 0.6) is 0 Å². The molecule has 5 nitrogen and oxygen atoms in total. The normalized spacial score (nSPS) is 10.4. The number of rotatable bonds is 9. The van der Waals surface area contributed by atoms with E-state index in [0.29, 0.717) is 17.3 Å². The highest BCUT2D eigenvalue weighted by molar-refractivity contribution is 7.80. The minimum Gasteiger partial charge on any atom is -0.456 e. The number of nitrogens with one attached hydrogen (secondary N) is 3. The molecular formula is C17H28N3O2S+. The molecule has 0 heterocycles. The molecule has 0 aliphatic carbocycles. The third kappa shape index (κ3) is 7.43. The summed E-state index contributed by atoms with van der Waals surface area (Å²) in [5.74, 6) is -0.283. The first-order valence-electron chi connectivity index (χ1n) is 8.26. The maximum Gasteiger partial charge on any atom is 0.338 e. The summed E-state index contributed by atoms with van der Waals surface area (Å²) < 4.78 is 5.32. The quantitative estimate of drug-likeness (QED) is 0.470. The smallest absolute Gasteiger partial charge is 0.338 e. The molecule has 3 N–H and O–H groups in total. The molecule has 0 atom stereocenters. The van der Waals surface area contributed by atoms with Crippen molar-refractivity contribution < 1.29 is 14.4 Å². The summed E-state index contributed by atoms with van der Waals surface area (Å²) in [7, 11) is 0. The minimum atomic E-state index is -0.283. The molecule has 1 aromatic rings. The summed E-state index contributed by atoms with van der Waals surface area (Å²) in [4.78, 5) is 13.4. The van der Waals surface area contributed by atoms with Crippen LogP contribution in [0.15, 0.2) is 24.3 Å². The number of hydrogen-bond donors (Lipinski definition) is 3. The molecule has 0 amide bonds. The van der Waals surface area contributed by atoms with Gasteiger partial charge < -0.3 is 20.3 Å². The van der Waals surface area contributed by atoms with Crippen LogP contribution >= 0.6 is 12.2 Å². The van der Waals surface area contributed by atoms with Gasteiger partial charge in [-0.3, -0.25) is 0 Å². The molecule has 0 aliphatic heterocycles. The number of likely N-dealkylation sites (N-methyl/N-ethyl adjacent to an activating group) is 1. The van der Waals surface area contributed by atoms with E-state index in [-0.39, 0.29) is 5.97 Å². The van der Waals surface area contributed by atoms with Crippen LogP contribution in [-0.4, -0.2) is 43.9 Å². The molecule has 0 unspecified atom stereocenters. The zero-order valence-corrected chi connectivity index (χ0v) is 15.1. The Hall–Kier alpha value is -1.66. The Morgan fingerprint density at radius 3 is 2.39 bits per heavy atom. The third-order valence-corrected chi connectivity index (χ3v) is 3.85. The number of quaternary nitrogens is 1. The molecule has 0 saturated carbocycles. The number of hydrogen-bond acceptors (Lipinski definition) is 3. The topological polar surface area (TPSA) is 54.8 Å². The lowest BCUT2D eigenvalue weighted by Gasteiger charge is -2.15. The van der Waals surface area contributed by atoms with Gasteiger partial charge in [0.1, 0.15) is 13.2 Å².